The summed E-state index contributed by atoms with van der Waals surface area (Å²) in [7, 11) is 0. The van der Waals surface area contributed by atoms with Gasteiger partial charge < -0.3 is 10.0 Å². The molecule has 90 valence electrons. The van der Waals surface area contributed by atoms with Crippen LogP contribution in [0.15, 0.2) is 18.2 Å². The van der Waals surface area contributed by atoms with E-state index in [1.807, 2.05) is 26.0 Å². The summed E-state index contributed by atoms with van der Waals surface area (Å²) in [5, 5.41) is 8.76. The van der Waals surface area contributed by atoms with Gasteiger partial charge in [0.2, 0.25) is 0 Å². The van der Waals surface area contributed by atoms with Gasteiger partial charge in [0.05, 0.1) is 5.92 Å². The second-order valence-corrected chi connectivity index (χ2v) is 4.56. The molecule has 4 heteroatoms. The van der Waals surface area contributed by atoms with E-state index in [1.54, 1.807) is 11.0 Å². The number of nitrogens with zero attached hydrogens (tertiary/aromatic N) is 1. The molecule has 0 spiro atoms. The Morgan fingerprint density at radius 1 is 1.29 bits per heavy atom. The fourth-order valence-electron chi connectivity index (χ4n) is 2.02. The minimum atomic E-state index is -0.824. The van der Waals surface area contributed by atoms with Gasteiger partial charge in [0.15, 0.2) is 0 Å². The first-order valence-corrected chi connectivity index (χ1v) is 5.58. The molecule has 4 nitrogen and oxygen atoms in total. The average Bonchev–Trinajstić information content (AvgIpc) is 2.13. The van der Waals surface area contributed by atoms with Crippen molar-refractivity contribution in [1.29, 1.82) is 0 Å². The highest BCUT2D eigenvalue weighted by Gasteiger charge is 2.36. The van der Waals surface area contributed by atoms with Crippen LogP contribution in [0.1, 0.15) is 21.5 Å². The number of carboxylic acid groups (broad SMARTS) is 1. The van der Waals surface area contributed by atoms with Crippen LogP contribution >= 0.6 is 0 Å². The van der Waals surface area contributed by atoms with Gasteiger partial charge in [-0.15, -0.1) is 0 Å². The predicted octanol–water partition coefficient (Wildman–Crippen LogP) is 1.46. The molecule has 1 aliphatic rings. The van der Waals surface area contributed by atoms with E-state index in [1.165, 1.54) is 0 Å². The van der Waals surface area contributed by atoms with E-state index < -0.39 is 11.9 Å². The summed E-state index contributed by atoms with van der Waals surface area (Å²) in [5.41, 5.74) is 2.72. The molecular formula is C13H15NO3. The highest BCUT2D eigenvalue weighted by atomic mass is 16.4. The Labute approximate surface area is 99.9 Å². The number of aryl methyl sites for hydroxylation is 2. The first-order valence-electron chi connectivity index (χ1n) is 5.58. The number of carboxylic acids is 1. The van der Waals surface area contributed by atoms with Gasteiger partial charge in [0, 0.05) is 18.7 Å². The van der Waals surface area contributed by atoms with Crippen molar-refractivity contribution in [2.24, 2.45) is 5.92 Å². The van der Waals surface area contributed by atoms with Gasteiger partial charge in [-0.05, 0) is 25.5 Å². The Balaban J connectivity index is 2.09. The number of hydrogen-bond donors (Lipinski definition) is 1. The van der Waals surface area contributed by atoms with Crippen LogP contribution in [0.4, 0.5) is 0 Å². The Morgan fingerprint density at radius 2 is 1.94 bits per heavy atom. The molecule has 1 amide bonds. The van der Waals surface area contributed by atoms with E-state index in [-0.39, 0.29) is 5.91 Å². The lowest BCUT2D eigenvalue weighted by Crippen LogP contribution is -2.53. The van der Waals surface area contributed by atoms with Crippen LogP contribution in [0, 0.1) is 19.8 Å². The normalized spacial score (nSPS) is 15.5. The molecule has 2 rings (SSSR count). The summed E-state index contributed by atoms with van der Waals surface area (Å²) in [6.07, 6.45) is 0. The van der Waals surface area contributed by atoms with Gasteiger partial charge in [0.1, 0.15) is 0 Å². The molecule has 17 heavy (non-hydrogen) atoms. The fourth-order valence-corrected chi connectivity index (χ4v) is 2.02. The summed E-state index contributed by atoms with van der Waals surface area (Å²) in [6.45, 7) is 4.52. The van der Waals surface area contributed by atoms with Crippen LogP contribution in [-0.4, -0.2) is 35.0 Å². The second kappa shape index (κ2) is 4.20. The van der Waals surface area contributed by atoms with E-state index in [9.17, 15) is 9.59 Å². The van der Waals surface area contributed by atoms with Crippen molar-refractivity contribution in [2.75, 3.05) is 13.1 Å². The second-order valence-electron chi connectivity index (χ2n) is 4.56. The molecule has 1 aromatic carbocycles. The minimum absolute atomic E-state index is 0.0694. The molecule has 0 aromatic heterocycles. The topological polar surface area (TPSA) is 57.6 Å². The van der Waals surface area contributed by atoms with Crippen LogP contribution < -0.4 is 0 Å². The quantitative estimate of drug-likeness (QED) is 0.841. The van der Waals surface area contributed by atoms with E-state index in [2.05, 4.69) is 0 Å². The molecule has 1 saturated heterocycles. The van der Waals surface area contributed by atoms with Gasteiger partial charge >= 0.3 is 5.97 Å². The number of carbonyl (C=O) groups is 2. The zero-order chi connectivity index (χ0) is 12.6. The molecule has 1 fully saturated rings. The number of carbonyl (C=O) groups excluding carboxylic acids is 1. The number of likely N-dealkylation sites (tertiary alicyclic amines) is 1. The Hall–Kier alpha value is -1.84. The van der Waals surface area contributed by atoms with Gasteiger partial charge in [-0.2, -0.15) is 0 Å². The van der Waals surface area contributed by atoms with Crippen molar-refractivity contribution in [3.63, 3.8) is 0 Å². The molecule has 1 aliphatic heterocycles. The molecule has 1 aromatic rings. The van der Waals surface area contributed by atoms with Crippen LogP contribution in [0.25, 0.3) is 0 Å². The third kappa shape index (κ3) is 2.16. The Morgan fingerprint density at radius 3 is 2.47 bits per heavy atom. The average molecular weight is 233 g/mol. The lowest BCUT2D eigenvalue weighted by molar-refractivity contribution is -0.146. The Bertz CT molecular complexity index is 476. The van der Waals surface area contributed by atoms with Crippen molar-refractivity contribution in [3.05, 3.63) is 34.9 Å². The van der Waals surface area contributed by atoms with Crippen molar-refractivity contribution in [3.8, 4) is 0 Å². The van der Waals surface area contributed by atoms with Crippen LogP contribution in [0.5, 0.6) is 0 Å². The summed E-state index contributed by atoms with van der Waals surface area (Å²) in [4.78, 5) is 24.3. The lowest BCUT2D eigenvalue weighted by atomic mass is 9.97. The monoisotopic (exact) mass is 233 g/mol. The van der Waals surface area contributed by atoms with Crippen molar-refractivity contribution in [1.82, 2.24) is 4.90 Å². The standard InChI is InChI=1S/C13H15NO3/c1-8-3-4-11(9(2)5-8)12(15)14-6-10(7-14)13(16)17/h3-5,10H,6-7H2,1-2H3,(H,16,17). The zero-order valence-corrected chi connectivity index (χ0v) is 9.93. The molecule has 0 unspecified atom stereocenters. The highest BCUT2D eigenvalue weighted by molar-refractivity contribution is 5.97. The summed E-state index contributed by atoms with van der Waals surface area (Å²) >= 11 is 0. The highest BCUT2D eigenvalue weighted by Crippen LogP contribution is 2.21. The van der Waals surface area contributed by atoms with Crippen molar-refractivity contribution < 1.29 is 14.7 Å². The number of hydrogen-bond acceptors (Lipinski definition) is 2. The maximum Gasteiger partial charge on any atom is 0.310 e. The van der Waals surface area contributed by atoms with E-state index in [4.69, 9.17) is 5.11 Å². The SMILES string of the molecule is Cc1ccc(C(=O)N2CC(C(=O)O)C2)c(C)c1. The van der Waals surface area contributed by atoms with Crippen molar-refractivity contribution in [2.45, 2.75) is 13.8 Å². The number of benzene rings is 1. The fraction of sp³-hybridized carbons (Fsp3) is 0.385. The van der Waals surface area contributed by atoms with E-state index >= 15 is 0 Å². The molecule has 0 saturated carbocycles. The smallest absolute Gasteiger partial charge is 0.310 e. The molecule has 1 heterocycles. The zero-order valence-electron chi connectivity index (χ0n) is 9.93. The summed E-state index contributed by atoms with van der Waals surface area (Å²) < 4.78 is 0. The molecular weight excluding hydrogens is 218 g/mol. The lowest BCUT2D eigenvalue weighted by Gasteiger charge is -2.37. The van der Waals surface area contributed by atoms with E-state index in [0.717, 1.165) is 11.1 Å². The first-order chi connectivity index (χ1) is 7.99. The molecule has 0 radical (unpaired) electrons. The minimum Gasteiger partial charge on any atom is -0.481 e. The number of rotatable bonds is 2. The van der Waals surface area contributed by atoms with Gasteiger partial charge in [0.25, 0.3) is 5.91 Å². The van der Waals surface area contributed by atoms with Gasteiger partial charge in [-0.25, -0.2) is 0 Å². The van der Waals surface area contributed by atoms with Crippen molar-refractivity contribution >= 4 is 11.9 Å². The third-order valence-corrected chi connectivity index (χ3v) is 3.13. The number of aliphatic carboxylic acids is 1. The maximum atomic E-state index is 12.1. The van der Waals surface area contributed by atoms with Gasteiger partial charge in [-0.1, -0.05) is 17.7 Å². The van der Waals surface area contributed by atoms with Crippen LogP contribution in [-0.2, 0) is 4.79 Å². The third-order valence-electron chi connectivity index (χ3n) is 3.13. The Kier molecular flexibility index (Phi) is 2.88. The van der Waals surface area contributed by atoms with E-state index in [0.29, 0.717) is 18.7 Å². The first kappa shape index (κ1) is 11.6. The van der Waals surface area contributed by atoms with Crippen LogP contribution in [0.2, 0.25) is 0 Å². The van der Waals surface area contributed by atoms with Crippen LogP contribution in [0.3, 0.4) is 0 Å². The molecule has 1 N–H and O–H groups in total. The molecule has 0 atom stereocenters. The largest absolute Gasteiger partial charge is 0.481 e. The van der Waals surface area contributed by atoms with Gasteiger partial charge in [-0.3, -0.25) is 9.59 Å². The number of amides is 1. The maximum absolute atomic E-state index is 12.1. The summed E-state index contributed by atoms with van der Waals surface area (Å²) in [6, 6.07) is 5.66. The predicted molar refractivity (Wildman–Crippen MR) is 62.9 cm³/mol. The molecule has 0 bridgehead atoms. The molecule has 0 aliphatic carbocycles. The summed E-state index contributed by atoms with van der Waals surface area (Å²) in [5.74, 6) is -1.29.